The lowest BCUT2D eigenvalue weighted by molar-refractivity contribution is -0.137. The van der Waals surface area contributed by atoms with Crippen LogP contribution in [0.4, 0.5) is 18.9 Å². The number of aliphatic hydroxyl groups is 1. The van der Waals surface area contributed by atoms with E-state index in [4.69, 9.17) is 4.74 Å². The molecular formula is C23H20F3N5O2. The zero-order valence-corrected chi connectivity index (χ0v) is 17.5. The molecular weight excluding hydrogens is 435 g/mol. The van der Waals surface area contributed by atoms with Crippen molar-refractivity contribution in [3.63, 3.8) is 0 Å². The molecule has 33 heavy (non-hydrogen) atoms. The second-order valence-electron chi connectivity index (χ2n) is 7.17. The summed E-state index contributed by atoms with van der Waals surface area (Å²) < 4.78 is 44.6. The van der Waals surface area contributed by atoms with E-state index in [0.717, 1.165) is 17.8 Å². The number of nitrogens with zero attached hydrogens (tertiary/aromatic N) is 3. The Bertz CT molecular complexity index is 1270. The van der Waals surface area contributed by atoms with E-state index in [2.05, 4.69) is 25.6 Å². The topological polar surface area (TPSA) is 92.2 Å². The van der Waals surface area contributed by atoms with E-state index in [9.17, 15) is 18.3 Å². The molecule has 0 bridgehead atoms. The molecule has 4 aromatic rings. The SMILES string of the molecule is CNCc1cc(Oc2ccc3c(C(O)Nc4cccc(C(F)(F)F)c4)cccc3n2)ncn1. The molecule has 0 aliphatic heterocycles. The number of hydrogen-bond donors (Lipinski definition) is 3. The summed E-state index contributed by atoms with van der Waals surface area (Å²) in [6, 6.07) is 14.8. The molecule has 0 saturated heterocycles. The maximum atomic E-state index is 13.0. The normalized spacial score (nSPS) is 12.5. The third kappa shape index (κ3) is 5.36. The van der Waals surface area contributed by atoms with Crippen molar-refractivity contribution < 1.29 is 23.0 Å². The molecule has 0 fully saturated rings. The maximum absolute atomic E-state index is 13.0. The van der Waals surface area contributed by atoms with E-state index in [-0.39, 0.29) is 5.69 Å². The summed E-state index contributed by atoms with van der Waals surface area (Å²) in [4.78, 5) is 12.7. The van der Waals surface area contributed by atoms with Crippen LogP contribution >= 0.6 is 0 Å². The summed E-state index contributed by atoms with van der Waals surface area (Å²) in [6.45, 7) is 0.560. The van der Waals surface area contributed by atoms with Crippen LogP contribution in [0.1, 0.15) is 23.0 Å². The number of aromatic nitrogens is 3. The van der Waals surface area contributed by atoms with E-state index < -0.39 is 18.0 Å². The fourth-order valence-corrected chi connectivity index (χ4v) is 3.29. The van der Waals surface area contributed by atoms with Crippen molar-refractivity contribution in [1.29, 1.82) is 0 Å². The van der Waals surface area contributed by atoms with Crippen LogP contribution in [-0.2, 0) is 12.7 Å². The highest BCUT2D eigenvalue weighted by Gasteiger charge is 2.30. The summed E-state index contributed by atoms with van der Waals surface area (Å²) in [6.07, 6.45) is -4.33. The highest BCUT2D eigenvalue weighted by molar-refractivity contribution is 5.83. The fraction of sp³-hybridized carbons (Fsp3) is 0.174. The van der Waals surface area contributed by atoms with E-state index in [1.165, 1.54) is 18.5 Å². The van der Waals surface area contributed by atoms with Gasteiger partial charge in [0.1, 0.15) is 6.33 Å². The molecule has 4 rings (SSSR count). The molecule has 0 aliphatic carbocycles. The molecule has 2 heterocycles. The number of hydrogen-bond acceptors (Lipinski definition) is 7. The average Bonchev–Trinajstić information content (AvgIpc) is 2.78. The molecule has 10 heteroatoms. The molecule has 0 saturated carbocycles. The molecule has 1 atom stereocenters. The molecule has 2 aromatic carbocycles. The minimum Gasteiger partial charge on any atom is -0.421 e. The van der Waals surface area contributed by atoms with Gasteiger partial charge in [-0.25, -0.2) is 15.0 Å². The average molecular weight is 455 g/mol. The molecule has 0 spiro atoms. The maximum Gasteiger partial charge on any atom is 0.416 e. The number of halogens is 3. The highest BCUT2D eigenvalue weighted by atomic mass is 19.4. The van der Waals surface area contributed by atoms with E-state index in [1.54, 1.807) is 43.4 Å². The van der Waals surface area contributed by atoms with Gasteiger partial charge in [-0.05, 0) is 37.4 Å². The molecule has 0 amide bonds. The Kier molecular flexibility index (Phi) is 6.38. The first-order valence-corrected chi connectivity index (χ1v) is 9.98. The number of aliphatic hydroxyl groups excluding tert-OH is 1. The first kappa shape index (κ1) is 22.4. The second-order valence-corrected chi connectivity index (χ2v) is 7.17. The van der Waals surface area contributed by atoms with Gasteiger partial charge in [0.15, 0.2) is 6.23 Å². The highest BCUT2D eigenvalue weighted by Crippen LogP contribution is 2.32. The van der Waals surface area contributed by atoms with Gasteiger partial charge in [0, 0.05) is 35.3 Å². The van der Waals surface area contributed by atoms with Gasteiger partial charge in [-0.3, -0.25) is 0 Å². The zero-order chi connectivity index (χ0) is 23.4. The van der Waals surface area contributed by atoms with Crippen molar-refractivity contribution in [1.82, 2.24) is 20.3 Å². The molecule has 2 aromatic heterocycles. The summed E-state index contributed by atoms with van der Waals surface area (Å²) in [5.74, 6) is 0.638. The number of ether oxygens (including phenoxy) is 1. The Morgan fingerprint density at radius 3 is 2.61 bits per heavy atom. The van der Waals surface area contributed by atoms with Gasteiger partial charge in [-0.2, -0.15) is 13.2 Å². The lowest BCUT2D eigenvalue weighted by Gasteiger charge is -2.18. The zero-order valence-electron chi connectivity index (χ0n) is 17.5. The smallest absolute Gasteiger partial charge is 0.416 e. The van der Waals surface area contributed by atoms with Gasteiger partial charge in [0.2, 0.25) is 11.8 Å². The number of anilines is 1. The van der Waals surface area contributed by atoms with E-state index in [0.29, 0.717) is 34.8 Å². The van der Waals surface area contributed by atoms with E-state index >= 15 is 0 Å². The Labute approximate surface area is 187 Å². The van der Waals surface area contributed by atoms with Crippen molar-refractivity contribution in [2.45, 2.75) is 18.9 Å². The number of fused-ring (bicyclic) bond motifs is 1. The molecule has 1 unspecified atom stereocenters. The van der Waals surface area contributed by atoms with Gasteiger partial charge < -0.3 is 20.5 Å². The largest absolute Gasteiger partial charge is 0.421 e. The fourth-order valence-electron chi connectivity index (χ4n) is 3.29. The third-order valence-electron chi connectivity index (χ3n) is 4.79. The Morgan fingerprint density at radius 2 is 1.82 bits per heavy atom. The summed E-state index contributed by atoms with van der Waals surface area (Å²) in [5, 5.41) is 17.0. The van der Waals surface area contributed by atoms with Crippen LogP contribution < -0.4 is 15.4 Å². The number of pyridine rings is 1. The van der Waals surface area contributed by atoms with Crippen molar-refractivity contribution in [2.75, 3.05) is 12.4 Å². The van der Waals surface area contributed by atoms with Crippen molar-refractivity contribution in [3.05, 3.63) is 83.8 Å². The predicted octanol–water partition coefficient (Wildman–Crippen LogP) is 4.66. The summed E-state index contributed by atoms with van der Waals surface area (Å²) in [7, 11) is 1.81. The molecule has 0 aliphatic rings. The minimum atomic E-state index is -4.47. The van der Waals surface area contributed by atoms with Gasteiger partial charge >= 0.3 is 6.18 Å². The van der Waals surface area contributed by atoms with Crippen molar-refractivity contribution in [3.8, 4) is 11.8 Å². The van der Waals surface area contributed by atoms with Crippen LogP contribution in [0.3, 0.4) is 0 Å². The quantitative estimate of drug-likeness (QED) is 0.349. The first-order valence-electron chi connectivity index (χ1n) is 9.98. The Morgan fingerprint density at radius 1 is 1.00 bits per heavy atom. The van der Waals surface area contributed by atoms with Gasteiger partial charge in [-0.15, -0.1) is 0 Å². The molecule has 170 valence electrons. The summed E-state index contributed by atoms with van der Waals surface area (Å²) >= 11 is 0. The predicted molar refractivity (Wildman–Crippen MR) is 117 cm³/mol. The molecule has 3 N–H and O–H groups in total. The van der Waals surface area contributed by atoms with Crippen LogP contribution in [-0.4, -0.2) is 27.1 Å². The first-order chi connectivity index (χ1) is 15.8. The van der Waals surface area contributed by atoms with Crippen molar-refractivity contribution >= 4 is 16.6 Å². The number of nitrogens with one attached hydrogen (secondary N) is 2. The van der Waals surface area contributed by atoms with Crippen LogP contribution in [0.5, 0.6) is 11.8 Å². The summed E-state index contributed by atoms with van der Waals surface area (Å²) in [5.41, 5.74) is 1.10. The lowest BCUT2D eigenvalue weighted by Crippen LogP contribution is -2.12. The van der Waals surface area contributed by atoms with Crippen LogP contribution in [0, 0.1) is 0 Å². The number of benzene rings is 2. The Hall–Kier alpha value is -3.76. The standard InChI is InChI=1S/C23H20F3N5O2/c1-27-12-16-11-21(29-13-28-16)33-20-9-8-17-18(6-3-7-19(17)31-20)22(32)30-15-5-2-4-14(10-15)23(24,25)26/h2-11,13,22,27,30,32H,12H2,1H3. The molecule has 7 nitrogen and oxygen atoms in total. The van der Waals surface area contributed by atoms with Crippen LogP contribution in [0.2, 0.25) is 0 Å². The third-order valence-corrected chi connectivity index (χ3v) is 4.79. The number of alkyl halides is 3. The number of rotatable bonds is 7. The lowest BCUT2D eigenvalue weighted by atomic mass is 10.1. The van der Waals surface area contributed by atoms with Gasteiger partial charge in [0.25, 0.3) is 0 Å². The van der Waals surface area contributed by atoms with Crippen LogP contribution in [0.15, 0.2) is 67.0 Å². The van der Waals surface area contributed by atoms with Gasteiger partial charge in [0.05, 0.1) is 16.8 Å². The van der Waals surface area contributed by atoms with Gasteiger partial charge in [-0.1, -0.05) is 18.2 Å². The monoisotopic (exact) mass is 455 g/mol. The van der Waals surface area contributed by atoms with E-state index in [1.807, 2.05) is 0 Å². The Balaban J connectivity index is 1.56. The van der Waals surface area contributed by atoms with Crippen molar-refractivity contribution in [2.24, 2.45) is 0 Å². The minimum absolute atomic E-state index is 0.142. The second kappa shape index (κ2) is 9.39. The van der Waals surface area contributed by atoms with Crippen LogP contribution in [0.25, 0.3) is 10.9 Å². The molecule has 0 radical (unpaired) electrons.